The number of rotatable bonds is 6. The van der Waals surface area contributed by atoms with Gasteiger partial charge >= 0.3 is 6.18 Å². The molecule has 0 aliphatic heterocycles. The number of carbonyl (C=O) groups is 1. The van der Waals surface area contributed by atoms with Crippen LogP contribution in [-0.2, 0) is 11.0 Å². The van der Waals surface area contributed by atoms with Crippen LogP contribution in [0.4, 0.5) is 24.5 Å². The molecular formula is C14H20F3N3O. The molecule has 3 N–H and O–H groups in total. The molecule has 0 saturated carbocycles. The highest BCUT2D eigenvalue weighted by Gasteiger charge is 2.33. The van der Waals surface area contributed by atoms with Crippen LogP contribution in [0, 0.1) is 0 Å². The van der Waals surface area contributed by atoms with Gasteiger partial charge in [-0.1, -0.05) is 13.8 Å². The molecule has 0 heterocycles. The number of anilines is 2. The van der Waals surface area contributed by atoms with Crippen molar-refractivity contribution in [1.29, 1.82) is 0 Å². The van der Waals surface area contributed by atoms with Crippen LogP contribution in [0.3, 0.4) is 0 Å². The summed E-state index contributed by atoms with van der Waals surface area (Å²) in [6, 6.07) is 3.35. The number of alkyl halides is 3. The molecule has 0 atom stereocenters. The fourth-order valence-electron chi connectivity index (χ4n) is 1.90. The Morgan fingerprint density at radius 2 is 1.90 bits per heavy atom. The van der Waals surface area contributed by atoms with E-state index in [9.17, 15) is 18.0 Å². The van der Waals surface area contributed by atoms with E-state index in [1.807, 2.05) is 13.8 Å². The second-order valence-electron chi connectivity index (χ2n) is 4.62. The summed E-state index contributed by atoms with van der Waals surface area (Å²) in [5.74, 6) is -0.320. The van der Waals surface area contributed by atoms with Crippen LogP contribution in [0.15, 0.2) is 18.2 Å². The summed E-state index contributed by atoms with van der Waals surface area (Å²) in [5.41, 5.74) is 4.10. The van der Waals surface area contributed by atoms with Crippen molar-refractivity contribution >= 4 is 17.3 Å². The molecule has 0 aliphatic rings. The van der Waals surface area contributed by atoms with Gasteiger partial charge in [0.15, 0.2) is 0 Å². The van der Waals surface area contributed by atoms with Gasteiger partial charge in [-0.05, 0) is 31.3 Å². The molecule has 1 aromatic rings. The zero-order valence-electron chi connectivity index (χ0n) is 12.1. The van der Waals surface area contributed by atoms with Crippen molar-refractivity contribution in [2.75, 3.05) is 30.7 Å². The van der Waals surface area contributed by atoms with Crippen LogP contribution in [-0.4, -0.2) is 30.4 Å². The molecule has 118 valence electrons. The number of carbonyl (C=O) groups excluding carboxylic acids is 1. The molecule has 1 aromatic carbocycles. The average molecular weight is 303 g/mol. The number of halogens is 3. The van der Waals surface area contributed by atoms with E-state index in [4.69, 9.17) is 5.73 Å². The van der Waals surface area contributed by atoms with Gasteiger partial charge in [-0.2, -0.15) is 13.2 Å². The van der Waals surface area contributed by atoms with Gasteiger partial charge in [0.1, 0.15) is 0 Å². The van der Waals surface area contributed by atoms with Gasteiger partial charge in [0.2, 0.25) is 5.91 Å². The van der Waals surface area contributed by atoms with Crippen molar-refractivity contribution in [1.82, 2.24) is 4.90 Å². The monoisotopic (exact) mass is 303 g/mol. The van der Waals surface area contributed by atoms with E-state index in [0.29, 0.717) is 6.54 Å². The first-order valence-corrected chi connectivity index (χ1v) is 6.76. The standard InChI is InChI=1S/C14H20F3N3O/c1-3-20(4-2)8-7-13(21)19-10-5-6-12(18)11(9-10)14(15,16)17/h5-6,9H,3-4,7-8,18H2,1-2H3,(H,19,21). The first-order chi connectivity index (χ1) is 9.77. The summed E-state index contributed by atoms with van der Waals surface area (Å²) in [7, 11) is 0. The number of nitrogens with one attached hydrogen (secondary N) is 1. The fraction of sp³-hybridized carbons (Fsp3) is 0.500. The lowest BCUT2D eigenvalue weighted by Crippen LogP contribution is -2.27. The first-order valence-electron chi connectivity index (χ1n) is 6.76. The second kappa shape index (κ2) is 7.31. The van der Waals surface area contributed by atoms with E-state index < -0.39 is 11.7 Å². The molecule has 0 fully saturated rings. The maximum absolute atomic E-state index is 12.7. The normalized spacial score (nSPS) is 11.7. The number of benzene rings is 1. The molecule has 7 heteroatoms. The van der Waals surface area contributed by atoms with Gasteiger partial charge in [0.25, 0.3) is 0 Å². The maximum atomic E-state index is 12.7. The molecule has 0 radical (unpaired) electrons. The molecule has 1 rings (SSSR count). The van der Waals surface area contributed by atoms with Crippen LogP contribution in [0.1, 0.15) is 25.8 Å². The van der Waals surface area contributed by atoms with E-state index in [1.54, 1.807) is 0 Å². The second-order valence-corrected chi connectivity index (χ2v) is 4.62. The molecule has 0 spiro atoms. The lowest BCUT2D eigenvalue weighted by molar-refractivity contribution is -0.136. The summed E-state index contributed by atoms with van der Waals surface area (Å²) in [5, 5.41) is 2.46. The Kier molecular flexibility index (Phi) is 6.02. The highest BCUT2D eigenvalue weighted by atomic mass is 19.4. The van der Waals surface area contributed by atoms with Gasteiger partial charge in [-0.3, -0.25) is 4.79 Å². The third kappa shape index (κ3) is 5.26. The van der Waals surface area contributed by atoms with Crippen molar-refractivity contribution in [3.05, 3.63) is 23.8 Å². The Bertz CT molecular complexity index is 485. The van der Waals surface area contributed by atoms with E-state index in [2.05, 4.69) is 10.2 Å². The minimum Gasteiger partial charge on any atom is -0.398 e. The van der Waals surface area contributed by atoms with Crippen LogP contribution < -0.4 is 11.1 Å². The molecule has 0 aromatic heterocycles. The Labute approximate surface area is 122 Å². The van der Waals surface area contributed by atoms with Gasteiger partial charge in [-0.25, -0.2) is 0 Å². The Morgan fingerprint density at radius 1 is 1.29 bits per heavy atom. The quantitative estimate of drug-likeness (QED) is 0.794. The van der Waals surface area contributed by atoms with Crippen molar-refractivity contribution < 1.29 is 18.0 Å². The van der Waals surface area contributed by atoms with Crippen LogP contribution >= 0.6 is 0 Å². The summed E-state index contributed by atoms with van der Waals surface area (Å²) in [6.45, 7) is 6.18. The number of hydrogen-bond donors (Lipinski definition) is 2. The van der Waals surface area contributed by atoms with Crippen molar-refractivity contribution in [2.24, 2.45) is 0 Å². The van der Waals surface area contributed by atoms with Gasteiger partial charge in [-0.15, -0.1) is 0 Å². The van der Waals surface area contributed by atoms with Gasteiger partial charge < -0.3 is 16.0 Å². The van der Waals surface area contributed by atoms with E-state index in [1.165, 1.54) is 6.07 Å². The Hall–Kier alpha value is -1.76. The SMILES string of the molecule is CCN(CC)CCC(=O)Nc1ccc(N)c(C(F)(F)F)c1. The number of nitrogens with zero attached hydrogens (tertiary/aromatic N) is 1. The molecule has 4 nitrogen and oxygen atoms in total. The highest BCUT2D eigenvalue weighted by Crippen LogP contribution is 2.35. The van der Waals surface area contributed by atoms with E-state index in [0.717, 1.165) is 25.2 Å². The number of hydrogen-bond acceptors (Lipinski definition) is 3. The minimum atomic E-state index is -4.54. The molecule has 21 heavy (non-hydrogen) atoms. The molecular weight excluding hydrogens is 283 g/mol. The van der Waals surface area contributed by atoms with E-state index in [-0.39, 0.29) is 23.7 Å². The summed E-state index contributed by atoms with van der Waals surface area (Å²) >= 11 is 0. The molecule has 1 amide bonds. The molecule has 0 aliphatic carbocycles. The van der Waals surface area contributed by atoms with Crippen molar-refractivity contribution in [3.63, 3.8) is 0 Å². The predicted octanol–water partition coefficient (Wildman–Crippen LogP) is 2.96. The largest absolute Gasteiger partial charge is 0.418 e. The predicted molar refractivity (Wildman–Crippen MR) is 76.9 cm³/mol. The topological polar surface area (TPSA) is 58.4 Å². The van der Waals surface area contributed by atoms with Gasteiger partial charge in [0, 0.05) is 24.3 Å². The Morgan fingerprint density at radius 3 is 2.43 bits per heavy atom. The van der Waals surface area contributed by atoms with E-state index >= 15 is 0 Å². The van der Waals surface area contributed by atoms with Gasteiger partial charge in [0.05, 0.1) is 5.56 Å². The lowest BCUT2D eigenvalue weighted by Gasteiger charge is -2.17. The maximum Gasteiger partial charge on any atom is 0.418 e. The molecule has 0 saturated heterocycles. The van der Waals surface area contributed by atoms with Crippen molar-refractivity contribution in [3.8, 4) is 0 Å². The molecule has 0 unspecified atom stereocenters. The zero-order valence-corrected chi connectivity index (χ0v) is 12.1. The average Bonchev–Trinajstić information content (AvgIpc) is 2.41. The number of nitrogens with two attached hydrogens (primary N) is 1. The third-order valence-corrected chi connectivity index (χ3v) is 3.19. The summed E-state index contributed by atoms with van der Waals surface area (Å²) in [6.07, 6.45) is -4.31. The summed E-state index contributed by atoms with van der Waals surface area (Å²) < 4.78 is 38.1. The van der Waals surface area contributed by atoms with Crippen molar-refractivity contribution in [2.45, 2.75) is 26.4 Å². The van der Waals surface area contributed by atoms with Crippen LogP contribution in [0.25, 0.3) is 0 Å². The zero-order chi connectivity index (χ0) is 16.0. The van der Waals surface area contributed by atoms with Crippen LogP contribution in [0.5, 0.6) is 0 Å². The highest BCUT2D eigenvalue weighted by molar-refractivity contribution is 5.91. The number of amides is 1. The smallest absolute Gasteiger partial charge is 0.398 e. The third-order valence-electron chi connectivity index (χ3n) is 3.19. The molecule has 0 bridgehead atoms. The Balaban J connectivity index is 2.69. The first kappa shape index (κ1) is 17.3. The minimum absolute atomic E-state index is 0.0982. The number of nitrogen functional groups attached to an aromatic ring is 1. The van der Waals surface area contributed by atoms with Crippen LogP contribution in [0.2, 0.25) is 0 Å². The summed E-state index contributed by atoms with van der Waals surface area (Å²) in [4.78, 5) is 13.8. The lowest BCUT2D eigenvalue weighted by atomic mass is 10.1. The fourth-order valence-corrected chi connectivity index (χ4v) is 1.90.